The first kappa shape index (κ1) is 24.6. The summed E-state index contributed by atoms with van der Waals surface area (Å²) < 4.78 is 11.2. The first-order chi connectivity index (χ1) is 16.2. The molecule has 0 fully saturated rings. The summed E-state index contributed by atoms with van der Waals surface area (Å²) in [6, 6.07) is 23.6. The van der Waals surface area contributed by atoms with Crippen LogP contribution in [0.5, 0.6) is 11.5 Å². The number of hydrogen-bond donors (Lipinski definition) is 0. The monoisotopic (exact) mass is 444 g/mol. The molecule has 33 heavy (non-hydrogen) atoms. The van der Waals surface area contributed by atoms with Crippen LogP contribution in [-0.2, 0) is 6.42 Å². The van der Waals surface area contributed by atoms with Crippen molar-refractivity contribution in [1.82, 2.24) is 0 Å². The van der Waals surface area contributed by atoms with Crippen molar-refractivity contribution in [3.8, 4) is 22.6 Å². The second-order valence-corrected chi connectivity index (χ2v) is 8.50. The fourth-order valence-electron chi connectivity index (χ4n) is 3.73. The molecule has 0 aliphatic rings. The van der Waals surface area contributed by atoms with Crippen LogP contribution in [0.25, 0.3) is 11.1 Å². The average Bonchev–Trinajstić information content (AvgIpc) is 2.86. The van der Waals surface area contributed by atoms with Crippen LogP contribution >= 0.6 is 0 Å². The highest BCUT2D eigenvalue weighted by Crippen LogP contribution is 2.24. The van der Waals surface area contributed by atoms with Crippen molar-refractivity contribution in [2.24, 2.45) is 0 Å². The molecule has 0 aliphatic heterocycles. The molecule has 0 saturated carbocycles. The van der Waals surface area contributed by atoms with Crippen LogP contribution in [0.15, 0.2) is 72.8 Å². The van der Waals surface area contributed by atoms with Crippen molar-refractivity contribution in [2.75, 3.05) is 6.61 Å². The summed E-state index contributed by atoms with van der Waals surface area (Å²) in [4.78, 5) is 12.5. The van der Waals surface area contributed by atoms with Crippen LogP contribution in [0.3, 0.4) is 0 Å². The van der Waals surface area contributed by atoms with Crippen LogP contribution in [0, 0.1) is 0 Å². The van der Waals surface area contributed by atoms with Crippen molar-refractivity contribution in [2.45, 2.75) is 65.2 Å². The van der Waals surface area contributed by atoms with E-state index >= 15 is 0 Å². The summed E-state index contributed by atoms with van der Waals surface area (Å²) in [7, 11) is 0. The molecule has 3 aromatic carbocycles. The van der Waals surface area contributed by atoms with Gasteiger partial charge in [0.15, 0.2) is 0 Å². The number of unbranched alkanes of at least 4 members (excludes halogenated alkanes) is 5. The van der Waals surface area contributed by atoms with Crippen LogP contribution < -0.4 is 9.47 Å². The molecule has 0 aromatic heterocycles. The second-order valence-electron chi connectivity index (χ2n) is 8.50. The molecule has 0 aliphatic carbocycles. The van der Waals surface area contributed by atoms with Gasteiger partial charge in [0.25, 0.3) is 0 Å². The van der Waals surface area contributed by atoms with Gasteiger partial charge in [-0.05, 0) is 72.4 Å². The second kappa shape index (κ2) is 13.5. The number of rotatable bonds is 13. The van der Waals surface area contributed by atoms with Crippen LogP contribution in [0.1, 0.15) is 74.7 Å². The zero-order valence-electron chi connectivity index (χ0n) is 20.0. The van der Waals surface area contributed by atoms with Gasteiger partial charge in [-0.2, -0.15) is 0 Å². The Hall–Kier alpha value is -3.07. The van der Waals surface area contributed by atoms with Crippen molar-refractivity contribution in [3.63, 3.8) is 0 Å². The smallest absolute Gasteiger partial charge is 0.343 e. The summed E-state index contributed by atoms with van der Waals surface area (Å²) in [5.74, 6) is 0.947. The molecule has 0 spiro atoms. The third-order valence-electron chi connectivity index (χ3n) is 5.78. The maximum Gasteiger partial charge on any atom is 0.343 e. The summed E-state index contributed by atoms with van der Waals surface area (Å²) >= 11 is 0. The number of carbonyl (C=O) groups excluding carboxylic acids is 1. The Balaban J connectivity index is 1.51. The van der Waals surface area contributed by atoms with Gasteiger partial charge in [0.2, 0.25) is 0 Å². The first-order valence-corrected chi connectivity index (χ1v) is 12.3. The normalized spacial score (nSPS) is 10.7. The van der Waals surface area contributed by atoms with Crippen molar-refractivity contribution in [1.29, 1.82) is 0 Å². The van der Waals surface area contributed by atoms with Crippen LogP contribution in [-0.4, -0.2) is 12.6 Å². The molecular formula is C30H36O3. The lowest BCUT2D eigenvalue weighted by Crippen LogP contribution is -2.08. The fourth-order valence-corrected chi connectivity index (χ4v) is 3.73. The van der Waals surface area contributed by atoms with E-state index in [9.17, 15) is 4.79 Å². The lowest BCUT2D eigenvalue weighted by atomic mass is 10.0. The SMILES string of the molecule is CCCCCCc1ccc(-c2ccc(OC(=O)c3ccc(OCCCCC)cc3)cc2)cc1. The van der Waals surface area contributed by atoms with Gasteiger partial charge in [0, 0.05) is 0 Å². The maximum absolute atomic E-state index is 12.5. The Morgan fingerprint density at radius 1 is 0.636 bits per heavy atom. The highest BCUT2D eigenvalue weighted by Gasteiger charge is 2.09. The minimum atomic E-state index is -0.368. The molecule has 3 rings (SSSR count). The predicted molar refractivity (Wildman–Crippen MR) is 136 cm³/mol. The lowest BCUT2D eigenvalue weighted by molar-refractivity contribution is 0.0734. The molecular weight excluding hydrogens is 408 g/mol. The molecule has 174 valence electrons. The van der Waals surface area contributed by atoms with Crippen LogP contribution in [0.4, 0.5) is 0 Å². The first-order valence-electron chi connectivity index (χ1n) is 12.3. The molecule has 0 N–H and O–H groups in total. The summed E-state index contributed by atoms with van der Waals surface area (Å²) in [6.45, 7) is 5.11. The Morgan fingerprint density at radius 2 is 1.21 bits per heavy atom. The minimum absolute atomic E-state index is 0.368. The predicted octanol–water partition coefficient (Wildman–Crippen LogP) is 8.26. The molecule has 0 saturated heterocycles. The number of ether oxygens (including phenoxy) is 2. The van der Waals surface area contributed by atoms with Gasteiger partial charge in [-0.25, -0.2) is 4.79 Å². The van der Waals surface area contributed by atoms with Crippen molar-refractivity contribution in [3.05, 3.63) is 83.9 Å². The van der Waals surface area contributed by atoms with E-state index in [0.717, 1.165) is 30.6 Å². The van der Waals surface area contributed by atoms with E-state index in [0.29, 0.717) is 17.9 Å². The van der Waals surface area contributed by atoms with Crippen molar-refractivity contribution >= 4 is 5.97 Å². The lowest BCUT2D eigenvalue weighted by Gasteiger charge is -2.08. The zero-order valence-corrected chi connectivity index (χ0v) is 20.0. The van der Waals surface area contributed by atoms with Gasteiger partial charge in [-0.1, -0.05) is 82.3 Å². The van der Waals surface area contributed by atoms with Gasteiger partial charge >= 0.3 is 5.97 Å². The van der Waals surface area contributed by atoms with Gasteiger partial charge < -0.3 is 9.47 Å². The highest BCUT2D eigenvalue weighted by molar-refractivity contribution is 5.91. The van der Waals surface area contributed by atoms with E-state index < -0.39 is 0 Å². The largest absolute Gasteiger partial charge is 0.494 e. The third kappa shape index (κ3) is 8.09. The highest BCUT2D eigenvalue weighted by atomic mass is 16.5. The molecule has 0 bridgehead atoms. The Bertz CT molecular complexity index is 957. The van der Waals surface area contributed by atoms with Crippen LogP contribution in [0.2, 0.25) is 0 Å². The third-order valence-corrected chi connectivity index (χ3v) is 5.78. The average molecular weight is 445 g/mol. The Labute approximate surface area is 198 Å². The molecule has 0 atom stereocenters. The number of hydrogen-bond acceptors (Lipinski definition) is 3. The molecule has 3 nitrogen and oxygen atoms in total. The Morgan fingerprint density at radius 3 is 1.85 bits per heavy atom. The molecule has 0 heterocycles. The fraction of sp³-hybridized carbons (Fsp3) is 0.367. The molecule has 0 unspecified atom stereocenters. The van der Waals surface area contributed by atoms with E-state index in [4.69, 9.17) is 9.47 Å². The number of benzene rings is 3. The van der Waals surface area contributed by atoms with E-state index in [1.807, 2.05) is 36.4 Å². The van der Waals surface area contributed by atoms with Gasteiger partial charge in [0.05, 0.1) is 12.2 Å². The summed E-state index contributed by atoms with van der Waals surface area (Å²) in [5.41, 5.74) is 4.17. The molecule has 3 heteroatoms. The summed E-state index contributed by atoms with van der Waals surface area (Å²) in [6.07, 6.45) is 9.64. The maximum atomic E-state index is 12.5. The van der Waals surface area contributed by atoms with Gasteiger partial charge in [-0.3, -0.25) is 0 Å². The van der Waals surface area contributed by atoms with Gasteiger partial charge in [0.1, 0.15) is 11.5 Å². The molecule has 0 amide bonds. The molecule has 0 radical (unpaired) electrons. The van der Waals surface area contributed by atoms with E-state index in [2.05, 4.69) is 38.1 Å². The quantitative estimate of drug-likeness (QED) is 0.151. The topological polar surface area (TPSA) is 35.5 Å². The number of carbonyl (C=O) groups is 1. The van der Waals surface area contributed by atoms with Gasteiger partial charge in [-0.15, -0.1) is 0 Å². The number of aryl methyl sites for hydroxylation is 1. The van der Waals surface area contributed by atoms with E-state index in [1.54, 1.807) is 12.1 Å². The van der Waals surface area contributed by atoms with E-state index in [-0.39, 0.29) is 5.97 Å². The van der Waals surface area contributed by atoms with E-state index in [1.165, 1.54) is 43.2 Å². The standard InChI is InChI=1S/C30H36O3/c1-3-5-7-8-10-24-11-13-25(14-12-24)26-15-21-29(22-16-26)33-30(31)27-17-19-28(20-18-27)32-23-9-6-4-2/h11-22H,3-10,23H2,1-2H3. The number of esters is 1. The minimum Gasteiger partial charge on any atom is -0.494 e. The molecule has 3 aromatic rings. The Kier molecular flexibility index (Phi) is 10.0. The summed E-state index contributed by atoms with van der Waals surface area (Å²) in [5, 5.41) is 0. The zero-order chi connectivity index (χ0) is 23.3. The van der Waals surface area contributed by atoms with Crippen molar-refractivity contribution < 1.29 is 14.3 Å².